The number of hydrogen-bond donors (Lipinski definition) is 0. The van der Waals surface area contributed by atoms with Gasteiger partial charge in [-0.2, -0.15) is 0 Å². The van der Waals surface area contributed by atoms with Crippen LogP contribution >= 0.6 is 27.7 Å². The summed E-state index contributed by atoms with van der Waals surface area (Å²) in [5, 5.41) is 1.23. The third kappa shape index (κ3) is 2.86. The maximum Gasteiger partial charge on any atom is 0.283 e. The molecule has 0 radical (unpaired) electrons. The molecule has 0 aromatic heterocycles. The summed E-state index contributed by atoms with van der Waals surface area (Å²) in [5.74, 6) is 0.170. The van der Waals surface area contributed by atoms with Crippen LogP contribution in [0.1, 0.15) is 13.8 Å². The average Bonchev–Trinajstić information content (AvgIpc) is 2.23. The van der Waals surface area contributed by atoms with Crippen molar-refractivity contribution in [2.45, 2.75) is 13.8 Å². The van der Waals surface area contributed by atoms with E-state index in [0.29, 0.717) is 4.91 Å². The normalized spacial score (nSPS) is 21.4. The van der Waals surface area contributed by atoms with Crippen LogP contribution in [0.5, 0.6) is 0 Å². The highest BCUT2D eigenvalue weighted by atomic mass is 79.9. The SMILES string of the molecule is CON(C)C(=O)C1=CC(C)C(C)=C(Br)S1. The van der Waals surface area contributed by atoms with Crippen LogP contribution in [0, 0.1) is 5.92 Å². The summed E-state index contributed by atoms with van der Waals surface area (Å²) < 4.78 is 1.02. The Morgan fingerprint density at radius 1 is 1.67 bits per heavy atom. The molecule has 0 fully saturated rings. The molecule has 84 valence electrons. The van der Waals surface area contributed by atoms with Crippen LogP contribution in [0.3, 0.4) is 0 Å². The van der Waals surface area contributed by atoms with Gasteiger partial charge in [-0.05, 0) is 34.3 Å². The lowest BCUT2D eigenvalue weighted by Gasteiger charge is -2.21. The fraction of sp³-hybridized carbons (Fsp3) is 0.500. The number of likely N-dealkylation sites (N-methyl/N-ethyl adjacent to an activating group) is 1. The number of carbonyl (C=O) groups is 1. The van der Waals surface area contributed by atoms with Gasteiger partial charge >= 0.3 is 0 Å². The Morgan fingerprint density at radius 3 is 2.73 bits per heavy atom. The number of halogens is 1. The molecule has 0 saturated heterocycles. The maximum atomic E-state index is 11.8. The molecule has 1 aliphatic heterocycles. The van der Waals surface area contributed by atoms with Crippen LogP contribution < -0.4 is 0 Å². The molecule has 15 heavy (non-hydrogen) atoms. The summed E-state index contributed by atoms with van der Waals surface area (Å²) in [4.78, 5) is 17.4. The van der Waals surface area contributed by atoms with Gasteiger partial charge in [0.05, 0.1) is 15.8 Å². The molecule has 1 unspecified atom stereocenters. The number of allylic oxidation sites excluding steroid dienone is 2. The van der Waals surface area contributed by atoms with Gasteiger partial charge in [0.2, 0.25) is 0 Å². The van der Waals surface area contributed by atoms with E-state index in [9.17, 15) is 4.79 Å². The molecule has 0 aromatic carbocycles. The summed E-state index contributed by atoms with van der Waals surface area (Å²) >= 11 is 4.90. The number of hydrogen-bond acceptors (Lipinski definition) is 3. The molecule has 0 bridgehead atoms. The van der Waals surface area contributed by atoms with Crippen molar-refractivity contribution < 1.29 is 9.63 Å². The predicted molar refractivity (Wildman–Crippen MR) is 66.2 cm³/mol. The lowest BCUT2D eigenvalue weighted by Crippen LogP contribution is -2.26. The van der Waals surface area contributed by atoms with E-state index in [-0.39, 0.29) is 11.8 Å². The third-order valence-corrected chi connectivity index (χ3v) is 4.51. The first-order valence-corrected chi connectivity index (χ1v) is 6.16. The molecule has 1 atom stereocenters. The fourth-order valence-corrected chi connectivity index (χ4v) is 3.01. The minimum Gasteiger partial charge on any atom is -0.274 e. The maximum absolute atomic E-state index is 11.8. The van der Waals surface area contributed by atoms with E-state index in [1.54, 1.807) is 7.05 Å². The first-order valence-electron chi connectivity index (χ1n) is 4.55. The van der Waals surface area contributed by atoms with Crippen LogP contribution in [0.4, 0.5) is 0 Å². The highest BCUT2D eigenvalue weighted by Gasteiger charge is 2.23. The van der Waals surface area contributed by atoms with Crippen molar-refractivity contribution in [2.24, 2.45) is 5.92 Å². The van der Waals surface area contributed by atoms with Gasteiger partial charge in [-0.1, -0.05) is 24.8 Å². The summed E-state index contributed by atoms with van der Waals surface area (Å²) in [6.07, 6.45) is 1.96. The number of rotatable bonds is 2. The van der Waals surface area contributed by atoms with E-state index in [1.165, 1.54) is 29.5 Å². The molecular weight excluding hydrogens is 278 g/mol. The molecular formula is C10H14BrNO2S. The first kappa shape index (κ1) is 12.8. The molecule has 1 aliphatic rings. The van der Waals surface area contributed by atoms with Gasteiger partial charge in [0.25, 0.3) is 5.91 Å². The van der Waals surface area contributed by atoms with E-state index in [1.807, 2.05) is 6.08 Å². The molecule has 0 aliphatic carbocycles. The number of thioether (sulfide) groups is 1. The zero-order chi connectivity index (χ0) is 11.6. The number of amides is 1. The van der Waals surface area contributed by atoms with Crippen molar-refractivity contribution >= 4 is 33.6 Å². The Morgan fingerprint density at radius 2 is 2.27 bits per heavy atom. The second-order valence-corrected chi connectivity index (χ2v) is 5.73. The lowest BCUT2D eigenvalue weighted by atomic mass is 10.0. The van der Waals surface area contributed by atoms with Gasteiger partial charge in [0.15, 0.2) is 0 Å². The summed E-state index contributed by atoms with van der Waals surface area (Å²) in [5.41, 5.74) is 1.25. The van der Waals surface area contributed by atoms with E-state index in [0.717, 1.165) is 3.81 Å². The van der Waals surface area contributed by atoms with E-state index in [2.05, 4.69) is 29.8 Å². The zero-order valence-corrected chi connectivity index (χ0v) is 11.6. The lowest BCUT2D eigenvalue weighted by molar-refractivity contribution is -0.163. The molecule has 1 amide bonds. The molecule has 1 heterocycles. The number of carbonyl (C=O) groups excluding carboxylic acids is 1. The van der Waals surface area contributed by atoms with Crippen molar-refractivity contribution in [1.29, 1.82) is 0 Å². The van der Waals surface area contributed by atoms with Crippen molar-refractivity contribution in [1.82, 2.24) is 5.06 Å². The van der Waals surface area contributed by atoms with Crippen LogP contribution in [-0.2, 0) is 9.63 Å². The molecule has 0 saturated carbocycles. The Labute approximate surface area is 103 Å². The van der Waals surface area contributed by atoms with Gasteiger partial charge in [0, 0.05) is 7.05 Å². The Bertz CT molecular complexity index is 338. The van der Waals surface area contributed by atoms with E-state index in [4.69, 9.17) is 4.84 Å². The van der Waals surface area contributed by atoms with E-state index < -0.39 is 0 Å². The smallest absolute Gasteiger partial charge is 0.274 e. The Hall–Kier alpha value is -0.260. The molecule has 0 spiro atoms. The van der Waals surface area contributed by atoms with Crippen molar-refractivity contribution in [3.05, 3.63) is 20.4 Å². The summed E-state index contributed by atoms with van der Waals surface area (Å²) in [6, 6.07) is 0. The average molecular weight is 292 g/mol. The van der Waals surface area contributed by atoms with Crippen LogP contribution in [0.2, 0.25) is 0 Å². The fourth-order valence-electron chi connectivity index (χ4n) is 1.10. The van der Waals surface area contributed by atoms with Crippen LogP contribution in [-0.4, -0.2) is 25.1 Å². The van der Waals surface area contributed by atoms with Gasteiger partial charge in [-0.25, -0.2) is 5.06 Å². The first-order chi connectivity index (χ1) is 6.97. The highest BCUT2D eigenvalue weighted by molar-refractivity contribution is 9.14. The monoisotopic (exact) mass is 291 g/mol. The van der Waals surface area contributed by atoms with E-state index >= 15 is 0 Å². The van der Waals surface area contributed by atoms with Crippen molar-refractivity contribution in [3.63, 3.8) is 0 Å². The van der Waals surface area contributed by atoms with Crippen molar-refractivity contribution in [3.8, 4) is 0 Å². The molecule has 3 nitrogen and oxygen atoms in total. The van der Waals surface area contributed by atoms with Gasteiger partial charge in [-0.3, -0.25) is 9.63 Å². The largest absolute Gasteiger partial charge is 0.283 e. The minimum absolute atomic E-state index is 0.112. The van der Waals surface area contributed by atoms with Crippen LogP contribution in [0.25, 0.3) is 0 Å². The van der Waals surface area contributed by atoms with Gasteiger partial charge < -0.3 is 0 Å². The zero-order valence-electron chi connectivity index (χ0n) is 9.20. The van der Waals surface area contributed by atoms with Gasteiger partial charge in [-0.15, -0.1) is 0 Å². The third-order valence-electron chi connectivity index (χ3n) is 2.36. The van der Waals surface area contributed by atoms with Crippen LogP contribution in [0.15, 0.2) is 20.4 Å². The second-order valence-electron chi connectivity index (χ2n) is 3.36. The number of nitrogens with zero attached hydrogens (tertiary/aromatic N) is 1. The topological polar surface area (TPSA) is 29.5 Å². The molecule has 0 N–H and O–H groups in total. The van der Waals surface area contributed by atoms with Crippen molar-refractivity contribution in [2.75, 3.05) is 14.2 Å². The summed E-state index contributed by atoms with van der Waals surface area (Å²) in [6.45, 7) is 4.12. The Balaban J connectivity index is 2.84. The second kappa shape index (κ2) is 5.18. The predicted octanol–water partition coefficient (Wildman–Crippen LogP) is 2.90. The Kier molecular flexibility index (Phi) is 4.43. The minimum atomic E-state index is -0.112. The molecule has 1 rings (SSSR count). The summed E-state index contributed by atoms with van der Waals surface area (Å²) in [7, 11) is 3.08. The highest BCUT2D eigenvalue weighted by Crippen LogP contribution is 2.41. The molecule has 5 heteroatoms. The number of hydroxylamine groups is 2. The molecule has 0 aromatic rings. The standard InChI is InChI=1S/C10H14BrNO2S/c1-6-5-8(10(13)12(3)14-4)15-9(11)7(6)2/h5-6H,1-4H3. The quantitative estimate of drug-likeness (QED) is 0.733. The van der Waals surface area contributed by atoms with Gasteiger partial charge in [0.1, 0.15) is 0 Å².